The van der Waals surface area contributed by atoms with Gasteiger partial charge in [0.15, 0.2) is 0 Å². The van der Waals surface area contributed by atoms with E-state index in [1.54, 1.807) is 24.3 Å². The summed E-state index contributed by atoms with van der Waals surface area (Å²) in [6.45, 7) is 2.59. The molecule has 21 heavy (non-hydrogen) atoms. The van der Waals surface area contributed by atoms with Gasteiger partial charge in [-0.2, -0.15) is 0 Å². The molecule has 2 amide bonds. The quantitative estimate of drug-likeness (QED) is 0.626. The van der Waals surface area contributed by atoms with Crippen LogP contribution in [0.1, 0.15) is 18.9 Å². The van der Waals surface area contributed by atoms with Crippen LogP contribution in [0.2, 0.25) is 0 Å². The summed E-state index contributed by atoms with van der Waals surface area (Å²) in [4.78, 5) is 33.8. The molecule has 0 spiro atoms. The van der Waals surface area contributed by atoms with Crippen LogP contribution in [0.4, 0.5) is 0 Å². The van der Waals surface area contributed by atoms with Crippen LogP contribution in [0.15, 0.2) is 35.9 Å². The third-order valence-corrected chi connectivity index (χ3v) is 2.80. The van der Waals surface area contributed by atoms with Gasteiger partial charge in [0.25, 0.3) is 11.8 Å². The number of hydrogen-bond acceptors (Lipinski definition) is 5. The Morgan fingerprint density at radius 2 is 1.90 bits per heavy atom. The lowest BCUT2D eigenvalue weighted by atomic mass is 10.2. The summed E-state index contributed by atoms with van der Waals surface area (Å²) in [7, 11) is 0. The van der Waals surface area contributed by atoms with Gasteiger partial charge in [-0.3, -0.25) is 19.7 Å². The van der Waals surface area contributed by atoms with Crippen molar-refractivity contribution >= 4 is 17.8 Å². The minimum absolute atomic E-state index is 0.105. The lowest BCUT2D eigenvalue weighted by Crippen LogP contribution is -2.23. The van der Waals surface area contributed by atoms with Crippen LogP contribution in [0.3, 0.4) is 0 Å². The van der Waals surface area contributed by atoms with E-state index in [0.717, 1.165) is 17.4 Å². The first-order valence-corrected chi connectivity index (χ1v) is 6.51. The second kappa shape index (κ2) is 6.69. The van der Waals surface area contributed by atoms with E-state index in [4.69, 9.17) is 9.47 Å². The molecule has 0 saturated carbocycles. The maximum absolute atomic E-state index is 11.6. The standard InChI is InChI=1S/C15H15NO5/c1-2-20-12-5-3-10(4-6-12)9-21-14(18)8-11-7-13(17)16-15(11)19/h3-7H,2,8-9H2,1H3,(H,16,17,19). The number of carbonyl (C=O) groups is 3. The minimum atomic E-state index is -0.556. The number of carbonyl (C=O) groups excluding carboxylic acids is 3. The summed E-state index contributed by atoms with van der Waals surface area (Å²) >= 11 is 0. The van der Waals surface area contributed by atoms with E-state index < -0.39 is 17.8 Å². The zero-order valence-electron chi connectivity index (χ0n) is 11.5. The number of ether oxygens (including phenoxy) is 2. The van der Waals surface area contributed by atoms with Crippen LogP contribution in [0, 0.1) is 0 Å². The van der Waals surface area contributed by atoms with Gasteiger partial charge in [-0.1, -0.05) is 12.1 Å². The molecule has 0 fully saturated rings. The van der Waals surface area contributed by atoms with Gasteiger partial charge in [0.1, 0.15) is 12.4 Å². The van der Waals surface area contributed by atoms with Crippen LogP contribution in [0.25, 0.3) is 0 Å². The molecule has 0 saturated heterocycles. The van der Waals surface area contributed by atoms with E-state index in [-0.39, 0.29) is 18.6 Å². The van der Waals surface area contributed by atoms with Crippen molar-refractivity contribution in [2.75, 3.05) is 6.61 Å². The molecule has 0 radical (unpaired) electrons. The van der Waals surface area contributed by atoms with Gasteiger partial charge in [-0.05, 0) is 24.6 Å². The zero-order valence-corrected chi connectivity index (χ0v) is 11.5. The predicted molar refractivity (Wildman–Crippen MR) is 73.3 cm³/mol. The maximum Gasteiger partial charge on any atom is 0.310 e. The monoisotopic (exact) mass is 289 g/mol. The first-order valence-electron chi connectivity index (χ1n) is 6.51. The van der Waals surface area contributed by atoms with Gasteiger partial charge in [0.05, 0.1) is 13.0 Å². The van der Waals surface area contributed by atoms with E-state index >= 15 is 0 Å². The lowest BCUT2D eigenvalue weighted by molar-refractivity contribution is -0.144. The van der Waals surface area contributed by atoms with Crippen LogP contribution >= 0.6 is 0 Å². The average molecular weight is 289 g/mol. The Hall–Kier alpha value is -2.63. The van der Waals surface area contributed by atoms with Crippen molar-refractivity contribution in [2.45, 2.75) is 20.0 Å². The molecule has 0 unspecified atom stereocenters. The predicted octanol–water partition coefficient (Wildman–Crippen LogP) is 1.10. The fourth-order valence-electron chi connectivity index (χ4n) is 1.80. The second-order valence-corrected chi connectivity index (χ2v) is 4.40. The first-order chi connectivity index (χ1) is 10.1. The summed E-state index contributed by atoms with van der Waals surface area (Å²) in [5, 5.41) is 2.07. The number of imide groups is 1. The van der Waals surface area contributed by atoms with Gasteiger partial charge in [-0.25, -0.2) is 0 Å². The van der Waals surface area contributed by atoms with E-state index in [9.17, 15) is 14.4 Å². The Labute approximate surface area is 121 Å². The largest absolute Gasteiger partial charge is 0.494 e. The number of amides is 2. The third-order valence-electron chi connectivity index (χ3n) is 2.80. The Morgan fingerprint density at radius 1 is 1.19 bits per heavy atom. The second-order valence-electron chi connectivity index (χ2n) is 4.40. The normalized spacial score (nSPS) is 13.7. The van der Waals surface area contributed by atoms with Crippen molar-refractivity contribution < 1.29 is 23.9 Å². The molecule has 0 aromatic heterocycles. The van der Waals surface area contributed by atoms with Crippen LogP contribution < -0.4 is 10.1 Å². The molecule has 110 valence electrons. The van der Waals surface area contributed by atoms with Gasteiger partial charge in [0.2, 0.25) is 0 Å². The molecular weight excluding hydrogens is 274 g/mol. The fraction of sp³-hybridized carbons (Fsp3) is 0.267. The summed E-state index contributed by atoms with van der Waals surface area (Å²) in [5.41, 5.74) is 0.935. The highest BCUT2D eigenvalue weighted by Crippen LogP contribution is 2.14. The summed E-state index contributed by atoms with van der Waals surface area (Å²) in [5.74, 6) is -0.855. The Kier molecular flexibility index (Phi) is 4.71. The molecule has 0 aliphatic carbocycles. The molecule has 6 heteroatoms. The summed E-state index contributed by atoms with van der Waals surface area (Å²) < 4.78 is 10.4. The van der Waals surface area contributed by atoms with Gasteiger partial charge in [-0.15, -0.1) is 0 Å². The van der Waals surface area contributed by atoms with E-state index in [2.05, 4.69) is 5.32 Å². The van der Waals surface area contributed by atoms with Gasteiger partial charge < -0.3 is 9.47 Å². The number of rotatable bonds is 6. The number of nitrogens with one attached hydrogen (secondary N) is 1. The number of esters is 1. The molecule has 2 rings (SSSR count). The Balaban J connectivity index is 1.82. The van der Waals surface area contributed by atoms with Crippen molar-refractivity contribution in [3.8, 4) is 5.75 Å². The number of hydrogen-bond donors (Lipinski definition) is 1. The highest BCUT2D eigenvalue weighted by molar-refractivity contribution is 6.17. The van der Waals surface area contributed by atoms with E-state index in [0.29, 0.717) is 6.61 Å². The van der Waals surface area contributed by atoms with Crippen molar-refractivity contribution in [3.05, 3.63) is 41.5 Å². The Morgan fingerprint density at radius 3 is 2.48 bits per heavy atom. The topological polar surface area (TPSA) is 81.7 Å². The molecule has 1 aliphatic heterocycles. The van der Waals surface area contributed by atoms with Crippen LogP contribution in [-0.4, -0.2) is 24.4 Å². The molecule has 1 aromatic rings. The fourth-order valence-corrected chi connectivity index (χ4v) is 1.80. The molecule has 1 aliphatic rings. The summed E-state index contributed by atoms with van der Waals surface area (Å²) in [6, 6.07) is 7.17. The average Bonchev–Trinajstić information content (AvgIpc) is 2.76. The first kappa shape index (κ1) is 14.8. The highest BCUT2D eigenvalue weighted by Gasteiger charge is 2.23. The van der Waals surface area contributed by atoms with E-state index in [1.807, 2.05) is 6.92 Å². The SMILES string of the molecule is CCOc1ccc(COC(=O)CC2=CC(=O)NC2=O)cc1. The molecule has 1 N–H and O–H groups in total. The maximum atomic E-state index is 11.6. The number of benzene rings is 1. The summed E-state index contributed by atoms with van der Waals surface area (Å²) in [6.07, 6.45) is 0.898. The van der Waals surface area contributed by atoms with Crippen molar-refractivity contribution in [2.24, 2.45) is 0 Å². The van der Waals surface area contributed by atoms with Gasteiger partial charge >= 0.3 is 5.97 Å². The van der Waals surface area contributed by atoms with Crippen molar-refractivity contribution in [3.63, 3.8) is 0 Å². The van der Waals surface area contributed by atoms with E-state index in [1.165, 1.54) is 0 Å². The minimum Gasteiger partial charge on any atom is -0.494 e. The third kappa shape index (κ3) is 4.17. The van der Waals surface area contributed by atoms with Crippen LogP contribution in [-0.2, 0) is 25.7 Å². The highest BCUT2D eigenvalue weighted by atomic mass is 16.5. The van der Waals surface area contributed by atoms with Crippen molar-refractivity contribution in [1.82, 2.24) is 5.32 Å². The zero-order chi connectivity index (χ0) is 15.2. The molecule has 1 heterocycles. The van der Waals surface area contributed by atoms with Gasteiger partial charge in [0, 0.05) is 11.6 Å². The molecular formula is C15H15NO5. The molecule has 1 aromatic carbocycles. The molecule has 6 nitrogen and oxygen atoms in total. The van der Waals surface area contributed by atoms with Crippen molar-refractivity contribution in [1.29, 1.82) is 0 Å². The molecule has 0 atom stereocenters. The lowest BCUT2D eigenvalue weighted by Gasteiger charge is -2.06. The van der Waals surface area contributed by atoms with Crippen LogP contribution in [0.5, 0.6) is 5.75 Å². The molecule has 0 bridgehead atoms. The Bertz CT molecular complexity index is 589. The smallest absolute Gasteiger partial charge is 0.310 e.